The van der Waals surface area contributed by atoms with Crippen molar-refractivity contribution >= 4 is 22.3 Å². The van der Waals surface area contributed by atoms with Crippen LogP contribution in [0.3, 0.4) is 0 Å². The van der Waals surface area contributed by atoms with Crippen molar-refractivity contribution in [3.63, 3.8) is 0 Å². The van der Waals surface area contributed by atoms with Crippen LogP contribution in [0.5, 0.6) is 0 Å². The van der Waals surface area contributed by atoms with Gasteiger partial charge in [0.1, 0.15) is 6.04 Å². The summed E-state index contributed by atoms with van der Waals surface area (Å²) in [5, 5.41) is 0.537. The van der Waals surface area contributed by atoms with Gasteiger partial charge in [0, 0.05) is 19.8 Å². The average molecular weight is 364 g/mol. The topological polar surface area (TPSA) is 138 Å². The second-order valence-electron chi connectivity index (χ2n) is 5.89. The van der Waals surface area contributed by atoms with Crippen LogP contribution >= 0.6 is 0 Å². The molecule has 3 rings (SSSR count). The Bertz CT molecular complexity index is 605. The van der Waals surface area contributed by atoms with Crippen LogP contribution in [-0.4, -0.2) is 72.8 Å². The maximum atomic E-state index is 12.3. The minimum atomic E-state index is -5.05. The van der Waals surface area contributed by atoms with Crippen LogP contribution in [0.1, 0.15) is 25.7 Å². The van der Waals surface area contributed by atoms with Gasteiger partial charge in [-0.05, 0) is 25.7 Å². The van der Waals surface area contributed by atoms with Gasteiger partial charge in [0.25, 0.3) is 5.91 Å². The number of hydrogen-bond acceptors (Lipinski definition) is 8. The van der Waals surface area contributed by atoms with Gasteiger partial charge in [0.2, 0.25) is 10.4 Å². The molecule has 3 aliphatic rings. The number of amides is 3. The summed E-state index contributed by atoms with van der Waals surface area (Å²) in [5.74, 6) is -0.486. The molecule has 0 aromatic carbocycles. The van der Waals surface area contributed by atoms with Gasteiger partial charge < -0.3 is 14.2 Å². The van der Waals surface area contributed by atoms with Gasteiger partial charge >= 0.3 is 6.03 Å². The largest absolute Gasteiger partial charge is 0.724 e. The molecule has 11 nitrogen and oxygen atoms in total. The number of hydroxylamine groups is 3. The summed E-state index contributed by atoms with van der Waals surface area (Å²) < 4.78 is 41.5. The molecular formula is C12H18N3O8S-. The zero-order chi connectivity index (χ0) is 17.3. The quantitative estimate of drug-likeness (QED) is 0.368. The number of ether oxygens (including phenoxy) is 1. The number of carbonyl (C=O) groups excluding carboxylic acids is 2. The number of carbonyl (C=O) groups is 2. The van der Waals surface area contributed by atoms with Crippen molar-refractivity contribution in [2.24, 2.45) is 0 Å². The fourth-order valence-electron chi connectivity index (χ4n) is 3.10. The highest BCUT2D eigenvalue weighted by Gasteiger charge is 2.48. The van der Waals surface area contributed by atoms with Crippen LogP contribution in [0, 0.1) is 0 Å². The number of nitrogens with zero attached hydrogens (tertiary/aromatic N) is 2. The van der Waals surface area contributed by atoms with Gasteiger partial charge in [-0.3, -0.25) is 9.63 Å². The third-order valence-corrected chi connectivity index (χ3v) is 4.63. The minimum absolute atomic E-state index is 0.115. The van der Waals surface area contributed by atoms with Gasteiger partial charge in [-0.1, -0.05) is 0 Å². The lowest BCUT2D eigenvalue weighted by atomic mass is 10.0. The van der Waals surface area contributed by atoms with Gasteiger partial charge in [0.15, 0.2) is 0 Å². The predicted molar refractivity (Wildman–Crippen MR) is 74.6 cm³/mol. The number of nitrogens with one attached hydrogen (secondary N) is 1. The third-order valence-electron chi connectivity index (χ3n) is 4.29. The number of rotatable bonds is 5. The highest BCUT2D eigenvalue weighted by atomic mass is 32.3. The molecule has 0 radical (unpaired) electrons. The van der Waals surface area contributed by atoms with Gasteiger partial charge in [-0.25, -0.2) is 18.7 Å². The average Bonchev–Trinajstić information content (AvgIpc) is 2.77. The van der Waals surface area contributed by atoms with E-state index in [1.165, 1.54) is 4.90 Å². The molecule has 136 valence electrons. The third kappa shape index (κ3) is 3.78. The number of fused-ring (bicyclic) bond motifs is 2. The van der Waals surface area contributed by atoms with E-state index in [1.54, 1.807) is 0 Å². The molecule has 3 aliphatic heterocycles. The molecule has 0 aromatic heterocycles. The molecule has 0 unspecified atom stereocenters. The molecule has 1 N–H and O–H groups in total. The molecule has 3 fully saturated rings. The Morgan fingerprint density at radius 1 is 1.25 bits per heavy atom. The molecule has 3 heterocycles. The molecule has 2 bridgehead atoms. The molecule has 3 saturated heterocycles. The number of hydrogen-bond donors (Lipinski definition) is 1. The van der Waals surface area contributed by atoms with Crippen molar-refractivity contribution in [1.82, 2.24) is 15.4 Å². The van der Waals surface area contributed by atoms with Crippen LogP contribution in [0.4, 0.5) is 4.79 Å². The zero-order valence-corrected chi connectivity index (χ0v) is 13.6. The first-order valence-electron chi connectivity index (χ1n) is 7.63. The SMILES string of the molecule is O=C(NOC1CCOCC1)[C@@H]1CC[C@@H]2CN1C(=O)N2OS(=O)(=O)[O-]. The first kappa shape index (κ1) is 17.4. The normalized spacial score (nSPS) is 28.3. The number of urea groups is 1. The summed E-state index contributed by atoms with van der Waals surface area (Å²) in [6.07, 6.45) is 1.85. The fraction of sp³-hybridized carbons (Fsp3) is 0.833. The van der Waals surface area contributed by atoms with Crippen LogP contribution in [-0.2, 0) is 29.1 Å². The van der Waals surface area contributed by atoms with E-state index in [1.807, 2.05) is 0 Å². The molecule has 0 saturated carbocycles. The molecule has 3 amide bonds. The lowest BCUT2D eigenvalue weighted by Crippen LogP contribution is -2.50. The minimum Gasteiger partial charge on any atom is -0.724 e. The first-order valence-corrected chi connectivity index (χ1v) is 8.97. The van der Waals surface area contributed by atoms with E-state index in [0.29, 0.717) is 44.0 Å². The van der Waals surface area contributed by atoms with Crippen molar-refractivity contribution in [3.05, 3.63) is 0 Å². The molecule has 0 aliphatic carbocycles. The molecule has 12 heteroatoms. The second kappa shape index (κ2) is 6.80. The van der Waals surface area contributed by atoms with Gasteiger partial charge in [0.05, 0.1) is 12.1 Å². The Balaban J connectivity index is 1.58. The summed E-state index contributed by atoms with van der Waals surface area (Å²) in [7, 11) is -5.05. The van der Waals surface area contributed by atoms with E-state index in [-0.39, 0.29) is 12.6 Å². The van der Waals surface area contributed by atoms with E-state index in [9.17, 15) is 22.6 Å². The lowest BCUT2D eigenvalue weighted by molar-refractivity contribution is -0.148. The van der Waals surface area contributed by atoms with Crippen LogP contribution in [0.25, 0.3) is 0 Å². The summed E-state index contributed by atoms with van der Waals surface area (Å²) in [4.78, 5) is 31.0. The molecular weight excluding hydrogens is 346 g/mol. The molecule has 24 heavy (non-hydrogen) atoms. The smallest absolute Gasteiger partial charge is 0.346 e. The van der Waals surface area contributed by atoms with Crippen LogP contribution < -0.4 is 5.48 Å². The van der Waals surface area contributed by atoms with Gasteiger partial charge in [-0.2, -0.15) is 9.35 Å². The Kier molecular flexibility index (Phi) is 4.92. The highest BCUT2D eigenvalue weighted by Crippen LogP contribution is 2.30. The Morgan fingerprint density at radius 2 is 1.96 bits per heavy atom. The zero-order valence-electron chi connectivity index (χ0n) is 12.8. The molecule has 0 aromatic rings. The standard InChI is InChI=1S/C12H19N3O8S/c16-11(13-22-9-3-5-21-6-4-9)10-2-1-8-7-14(10)12(17)15(8)23-24(18,19)20/h8-10H,1-7H2,(H,13,16)(H,18,19,20)/p-1/t8-,10+/m1/s1. The summed E-state index contributed by atoms with van der Waals surface area (Å²) in [6, 6.07) is -2.18. The summed E-state index contributed by atoms with van der Waals surface area (Å²) in [6.45, 7) is 1.24. The predicted octanol–water partition coefficient (Wildman–Crippen LogP) is -1.13. The second-order valence-corrected chi connectivity index (χ2v) is 6.85. The van der Waals surface area contributed by atoms with E-state index in [2.05, 4.69) is 9.76 Å². The summed E-state index contributed by atoms with van der Waals surface area (Å²) in [5.41, 5.74) is 2.36. The van der Waals surface area contributed by atoms with E-state index in [0.717, 1.165) is 0 Å². The van der Waals surface area contributed by atoms with Crippen molar-refractivity contribution in [1.29, 1.82) is 0 Å². The lowest BCUT2D eigenvalue weighted by Gasteiger charge is -2.30. The van der Waals surface area contributed by atoms with Crippen molar-refractivity contribution < 1.29 is 36.4 Å². The Morgan fingerprint density at radius 3 is 2.62 bits per heavy atom. The van der Waals surface area contributed by atoms with Crippen LogP contribution in [0.2, 0.25) is 0 Å². The van der Waals surface area contributed by atoms with Gasteiger partial charge in [-0.15, -0.1) is 0 Å². The highest BCUT2D eigenvalue weighted by molar-refractivity contribution is 7.80. The number of piperidine rings is 1. The first-order chi connectivity index (χ1) is 11.3. The Labute approximate surface area is 138 Å². The monoisotopic (exact) mass is 364 g/mol. The Hall–Kier alpha value is -1.47. The molecule has 2 atom stereocenters. The maximum Gasteiger partial charge on any atom is 0.346 e. The van der Waals surface area contributed by atoms with E-state index < -0.39 is 34.4 Å². The van der Waals surface area contributed by atoms with Crippen molar-refractivity contribution in [2.75, 3.05) is 19.8 Å². The van der Waals surface area contributed by atoms with Crippen LogP contribution in [0.15, 0.2) is 0 Å². The van der Waals surface area contributed by atoms with E-state index in [4.69, 9.17) is 9.57 Å². The summed E-state index contributed by atoms with van der Waals surface area (Å²) >= 11 is 0. The fourth-order valence-corrected chi connectivity index (χ4v) is 3.49. The van der Waals surface area contributed by atoms with E-state index >= 15 is 0 Å². The van der Waals surface area contributed by atoms with Crippen molar-refractivity contribution in [3.8, 4) is 0 Å². The van der Waals surface area contributed by atoms with Crippen molar-refractivity contribution in [2.45, 2.75) is 43.9 Å². The maximum absolute atomic E-state index is 12.3. The molecule has 0 spiro atoms.